The third-order valence-electron chi connectivity index (χ3n) is 3.24. The average Bonchev–Trinajstić information content (AvgIpc) is 2.84. The van der Waals surface area contributed by atoms with E-state index >= 15 is 0 Å². The van der Waals surface area contributed by atoms with Crippen LogP contribution in [0.5, 0.6) is 5.75 Å². The Bertz CT molecular complexity index is 575. The normalized spacial score (nSPS) is 10.9. The molecule has 0 spiro atoms. The lowest BCUT2D eigenvalue weighted by Gasteiger charge is -2.10. The smallest absolute Gasteiger partial charge is 0.148 e. The number of anilines is 1. The summed E-state index contributed by atoms with van der Waals surface area (Å²) in [5.74, 6) is 2.38. The van der Waals surface area contributed by atoms with Gasteiger partial charge in [0.2, 0.25) is 0 Å². The molecular formula is C17H25N3O. The van der Waals surface area contributed by atoms with Crippen LogP contribution in [0.25, 0.3) is 0 Å². The van der Waals surface area contributed by atoms with Crippen LogP contribution in [0.4, 0.5) is 5.82 Å². The number of nitrogens with zero attached hydrogens (tertiary/aromatic N) is 2. The molecule has 21 heavy (non-hydrogen) atoms. The van der Waals surface area contributed by atoms with E-state index in [1.165, 1.54) is 11.3 Å². The van der Waals surface area contributed by atoms with Gasteiger partial charge in [0, 0.05) is 24.8 Å². The molecule has 0 aliphatic carbocycles. The first-order chi connectivity index (χ1) is 10.1. The van der Waals surface area contributed by atoms with Crippen molar-refractivity contribution in [1.82, 2.24) is 9.78 Å². The van der Waals surface area contributed by atoms with Crippen molar-refractivity contribution >= 4 is 5.82 Å². The fourth-order valence-corrected chi connectivity index (χ4v) is 2.12. The lowest BCUT2D eigenvalue weighted by Crippen LogP contribution is -2.05. The molecule has 0 unspecified atom stereocenters. The number of hydrogen-bond acceptors (Lipinski definition) is 3. The van der Waals surface area contributed by atoms with Crippen LogP contribution in [0.1, 0.15) is 32.0 Å². The third kappa shape index (κ3) is 4.52. The van der Waals surface area contributed by atoms with E-state index in [0.717, 1.165) is 31.3 Å². The van der Waals surface area contributed by atoms with Gasteiger partial charge in [-0.1, -0.05) is 26.0 Å². The molecule has 2 rings (SSSR count). The first-order valence-electron chi connectivity index (χ1n) is 7.58. The summed E-state index contributed by atoms with van der Waals surface area (Å²) >= 11 is 0. The Morgan fingerprint density at radius 1 is 1.29 bits per heavy atom. The van der Waals surface area contributed by atoms with Crippen molar-refractivity contribution < 1.29 is 4.74 Å². The van der Waals surface area contributed by atoms with Gasteiger partial charge >= 0.3 is 0 Å². The van der Waals surface area contributed by atoms with Crippen LogP contribution in [-0.2, 0) is 13.1 Å². The second-order valence-corrected chi connectivity index (χ2v) is 5.69. The van der Waals surface area contributed by atoms with E-state index < -0.39 is 0 Å². The quantitative estimate of drug-likeness (QED) is 0.840. The maximum absolute atomic E-state index is 5.75. The van der Waals surface area contributed by atoms with Crippen molar-refractivity contribution in [2.75, 3.05) is 11.9 Å². The zero-order valence-electron chi connectivity index (χ0n) is 13.4. The van der Waals surface area contributed by atoms with Crippen LogP contribution in [0.2, 0.25) is 0 Å². The topological polar surface area (TPSA) is 39.1 Å². The zero-order chi connectivity index (χ0) is 15.2. The van der Waals surface area contributed by atoms with Gasteiger partial charge in [-0.2, -0.15) is 5.10 Å². The predicted molar refractivity (Wildman–Crippen MR) is 86.7 cm³/mol. The molecule has 0 aliphatic rings. The van der Waals surface area contributed by atoms with Crippen LogP contribution < -0.4 is 10.1 Å². The highest BCUT2D eigenvalue weighted by Crippen LogP contribution is 2.16. The van der Waals surface area contributed by atoms with E-state index in [1.54, 1.807) is 0 Å². The maximum Gasteiger partial charge on any atom is 0.148 e. The van der Waals surface area contributed by atoms with Crippen LogP contribution >= 0.6 is 0 Å². The van der Waals surface area contributed by atoms with Crippen molar-refractivity contribution in [1.29, 1.82) is 0 Å². The number of benzene rings is 1. The summed E-state index contributed by atoms with van der Waals surface area (Å²) in [6, 6.07) is 10.3. The highest BCUT2D eigenvalue weighted by Gasteiger charge is 2.03. The largest absolute Gasteiger partial charge is 0.493 e. The second kappa shape index (κ2) is 7.16. The summed E-state index contributed by atoms with van der Waals surface area (Å²) in [6.07, 6.45) is 0. The van der Waals surface area contributed by atoms with E-state index in [1.807, 2.05) is 16.8 Å². The van der Waals surface area contributed by atoms with Crippen LogP contribution in [0.3, 0.4) is 0 Å². The molecule has 1 heterocycles. The Morgan fingerprint density at radius 2 is 2.10 bits per heavy atom. The average molecular weight is 287 g/mol. The predicted octanol–water partition coefficient (Wildman–Crippen LogP) is 3.86. The molecule has 1 N–H and O–H groups in total. The molecule has 0 atom stereocenters. The monoisotopic (exact) mass is 287 g/mol. The van der Waals surface area contributed by atoms with Crippen LogP contribution in [-0.4, -0.2) is 16.4 Å². The number of ether oxygens (including phenoxy) is 1. The summed E-state index contributed by atoms with van der Waals surface area (Å²) < 4.78 is 7.74. The Kier molecular flexibility index (Phi) is 5.26. The number of nitrogens with one attached hydrogen (secondary N) is 1. The maximum atomic E-state index is 5.75. The zero-order valence-corrected chi connectivity index (χ0v) is 13.4. The van der Waals surface area contributed by atoms with Gasteiger partial charge in [0.25, 0.3) is 0 Å². The van der Waals surface area contributed by atoms with Gasteiger partial charge in [0.15, 0.2) is 0 Å². The molecule has 0 aliphatic heterocycles. The highest BCUT2D eigenvalue weighted by molar-refractivity contribution is 5.38. The molecule has 4 heteroatoms. The molecular weight excluding hydrogens is 262 g/mol. The molecule has 114 valence electrons. The van der Waals surface area contributed by atoms with E-state index in [4.69, 9.17) is 4.74 Å². The van der Waals surface area contributed by atoms with Gasteiger partial charge in [0.1, 0.15) is 11.6 Å². The standard InChI is InChI=1S/C17H25N3O/c1-5-20-14(4)9-17(19-20)18-11-15-7-6-8-16(10-15)21-12-13(2)3/h6-10,13H,5,11-12H2,1-4H3,(H,18,19). The molecule has 0 bridgehead atoms. The van der Waals surface area contributed by atoms with Crippen molar-refractivity contribution in [3.05, 3.63) is 41.6 Å². The molecule has 1 aromatic heterocycles. The minimum Gasteiger partial charge on any atom is -0.493 e. The summed E-state index contributed by atoms with van der Waals surface area (Å²) in [4.78, 5) is 0. The molecule has 0 radical (unpaired) electrons. The van der Waals surface area contributed by atoms with Crippen LogP contribution in [0.15, 0.2) is 30.3 Å². The summed E-state index contributed by atoms with van der Waals surface area (Å²) in [5.41, 5.74) is 2.37. The summed E-state index contributed by atoms with van der Waals surface area (Å²) in [6.45, 7) is 10.9. The van der Waals surface area contributed by atoms with Gasteiger partial charge in [-0.25, -0.2) is 0 Å². The van der Waals surface area contributed by atoms with Gasteiger partial charge in [0.05, 0.1) is 6.61 Å². The van der Waals surface area contributed by atoms with E-state index in [2.05, 4.69) is 56.3 Å². The van der Waals surface area contributed by atoms with E-state index in [-0.39, 0.29) is 0 Å². The molecule has 0 amide bonds. The Balaban J connectivity index is 1.94. The number of aromatic nitrogens is 2. The van der Waals surface area contributed by atoms with Crippen molar-refractivity contribution in [2.24, 2.45) is 5.92 Å². The molecule has 0 saturated heterocycles. The Hall–Kier alpha value is -1.97. The van der Waals surface area contributed by atoms with Crippen molar-refractivity contribution in [3.63, 3.8) is 0 Å². The first kappa shape index (κ1) is 15.4. The van der Waals surface area contributed by atoms with Gasteiger partial charge in [-0.05, 0) is 37.5 Å². The Morgan fingerprint density at radius 3 is 2.76 bits per heavy atom. The lowest BCUT2D eigenvalue weighted by atomic mass is 10.2. The van der Waals surface area contributed by atoms with E-state index in [9.17, 15) is 0 Å². The summed E-state index contributed by atoms with van der Waals surface area (Å²) in [5, 5.41) is 7.86. The minimum atomic E-state index is 0.535. The molecule has 1 aromatic carbocycles. The molecule has 2 aromatic rings. The van der Waals surface area contributed by atoms with E-state index in [0.29, 0.717) is 5.92 Å². The Labute approximate surface area is 127 Å². The molecule has 0 fully saturated rings. The first-order valence-corrected chi connectivity index (χ1v) is 7.58. The fourth-order valence-electron chi connectivity index (χ4n) is 2.12. The fraction of sp³-hybridized carbons (Fsp3) is 0.471. The molecule has 4 nitrogen and oxygen atoms in total. The van der Waals surface area contributed by atoms with Gasteiger partial charge in [-0.15, -0.1) is 0 Å². The van der Waals surface area contributed by atoms with Crippen molar-refractivity contribution in [3.8, 4) is 5.75 Å². The van der Waals surface area contributed by atoms with Crippen LogP contribution in [0, 0.1) is 12.8 Å². The van der Waals surface area contributed by atoms with Gasteiger partial charge < -0.3 is 10.1 Å². The van der Waals surface area contributed by atoms with Gasteiger partial charge in [-0.3, -0.25) is 4.68 Å². The number of hydrogen-bond donors (Lipinski definition) is 1. The SMILES string of the molecule is CCn1nc(NCc2cccc(OCC(C)C)c2)cc1C. The minimum absolute atomic E-state index is 0.535. The second-order valence-electron chi connectivity index (χ2n) is 5.69. The lowest BCUT2D eigenvalue weighted by molar-refractivity contribution is 0.271. The number of aryl methyl sites for hydroxylation is 2. The summed E-state index contributed by atoms with van der Waals surface area (Å²) in [7, 11) is 0. The highest BCUT2D eigenvalue weighted by atomic mass is 16.5. The molecule has 0 saturated carbocycles. The number of rotatable bonds is 7. The third-order valence-corrected chi connectivity index (χ3v) is 3.24. The van der Waals surface area contributed by atoms with Crippen molar-refractivity contribution in [2.45, 2.75) is 40.8 Å².